The molecule has 0 bridgehead atoms. The Morgan fingerprint density at radius 1 is 1.47 bits per heavy atom. The lowest BCUT2D eigenvalue weighted by Crippen LogP contribution is -2.08. The third-order valence-corrected chi connectivity index (χ3v) is 2.95. The Kier molecular flexibility index (Phi) is 5.49. The van der Waals surface area contributed by atoms with Gasteiger partial charge in [0, 0.05) is 5.56 Å². The summed E-state index contributed by atoms with van der Waals surface area (Å²) >= 11 is 6.00. The fraction of sp³-hybridized carbons (Fsp3) is 0.500. The third-order valence-electron chi connectivity index (χ3n) is 2.64. The minimum Gasteiger partial charge on any atom is -0.493 e. The Morgan fingerprint density at radius 3 is 2.71 bits per heavy atom. The summed E-state index contributed by atoms with van der Waals surface area (Å²) in [6.45, 7) is 6.51. The van der Waals surface area contributed by atoms with E-state index in [0.717, 1.165) is 18.6 Å². The van der Waals surface area contributed by atoms with Crippen molar-refractivity contribution in [3.8, 4) is 5.75 Å². The van der Waals surface area contributed by atoms with Crippen molar-refractivity contribution >= 4 is 17.4 Å². The maximum Gasteiger partial charge on any atom is 0.161 e. The van der Waals surface area contributed by atoms with Crippen molar-refractivity contribution in [1.29, 1.82) is 0 Å². The summed E-state index contributed by atoms with van der Waals surface area (Å²) in [4.78, 5) is 11.2. The molecule has 17 heavy (non-hydrogen) atoms. The van der Waals surface area contributed by atoms with Crippen LogP contribution in [0.5, 0.6) is 5.75 Å². The molecular formula is C14H19ClO2. The number of benzene rings is 1. The molecule has 0 saturated heterocycles. The second kappa shape index (κ2) is 6.65. The highest BCUT2D eigenvalue weighted by Gasteiger charge is 2.07. The fourth-order valence-electron chi connectivity index (χ4n) is 1.69. The largest absolute Gasteiger partial charge is 0.493 e. The fourth-order valence-corrected chi connectivity index (χ4v) is 1.99. The number of ether oxygens (including phenoxy) is 1. The van der Waals surface area contributed by atoms with E-state index in [4.69, 9.17) is 16.3 Å². The van der Waals surface area contributed by atoms with Gasteiger partial charge in [0.1, 0.15) is 5.75 Å². The Labute approximate surface area is 108 Å². The Bertz CT molecular complexity index is 388. The van der Waals surface area contributed by atoms with Gasteiger partial charge in [0.15, 0.2) is 5.78 Å². The Hall–Kier alpha value is -1.02. The highest BCUT2D eigenvalue weighted by atomic mass is 35.5. The van der Waals surface area contributed by atoms with Gasteiger partial charge in [0.25, 0.3) is 0 Å². The zero-order valence-electron chi connectivity index (χ0n) is 10.6. The molecule has 0 radical (unpaired) electrons. The van der Waals surface area contributed by atoms with Crippen molar-refractivity contribution in [2.24, 2.45) is 5.92 Å². The van der Waals surface area contributed by atoms with Gasteiger partial charge >= 0.3 is 0 Å². The molecule has 0 aliphatic carbocycles. The molecule has 0 aromatic heterocycles. The van der Waals surface area contributed by atoms with Gasteiger partial charge in [-0.2, -0.15) is 0 Å². The standard InChI is InChI=1S/C14H19ClO2/c1-4-5-10(2)9-17-12-6-7-13(11(3)16)14(15)8-12/h6-8,10H,4-5,9H2,1-3H3. The lowest BCUT2D eigenvalue weighted by atomic mass is 10.1. The first-order valence-electron chi connectivity index (χ1n) is 5.97. The Balaban J connectivity index is 2.62. The topological polar surface area (TPSA) is 26.3 Å². The number of hydrogen-bond donors (Lipinski definition) is 0. The van der Waals surface area contributed by atoms with Crippen molar-refractivity contribution in [2.45, 2.75) is 33.6 Å². The second-order valence-corrected chi connectivity index (χ2v) is 4.81. The van der Waals surface area contributed by atoms with Crippen LogP contribution in [0.4, 0.5) is 0 Å². The molecule has 1 unspecified atom stereocenters. The van der Waals surface area contributed by atoms with E-state index in [9.17, 15) is 4.79 Å². The summed E-state index contributed by atoms with van der Waals surface area (Å²) < 4.78 is 5.64. The van der Waals surface area contributed by atoms with E-state index in [1.54, 1.807) is 18.2 Å². The number of Topliss-reactive ketones (excluding diaryl/α,β-unsaturated/α-hetero) is 1. The van der Waals surface area contributed by atoms with Gasteiger partial charge in [0.2, 0.25) is 0 Å². The summed E-state index contributed by atoms with van der Waals surface area (Å²) in [5, 5.41) is 0.457. The van der Waals surface area contributed by atoms with Crippen LogP contribution in [-0.2, 0) is 0 Å². The second-order valence-electron chi connectivity index (χ2n) is 4.40. The van der Waals surface area contributed by atoms with Gasteiger partial charge in [-0.25, -0.2) is 0 Å². The van der Waals surface area contributed by atoms with E-state index in [-0.39, 0.29) is 5.78 Å². The van der Waals surface area contributed by atoms with E-state index in [1.807, 2.05) is 0 Å². The van der Waals surface area contributed by atoms with Crippen LogP contribution in [0.25, 0.3) is 0 Å². The van der Waals surface area contributed by atoms with Crippen LogP contribution in [0.15, 0.2) is 18.2 Å². The van der Waals surface area contributed by atoms with Crippen LogP contribution in [0.3, 0.4) is 0 Å². The summed E-state index contributed by atoms with van der Waals surface area (Å²) in [7, 11) is 0. The number of hydrogen-bond acceptors (Lipinski definition) is 2. The van der Waals surface area contributed by atoms with Crippen LogP contribution < -0.4 is 4.74 Å². The molecule has 0 saturated carbocycles. The van der Waals surface area contributed by atoms with Gasteiger partial charge in [-0.05, 0) is 37.5 Å². The highest BCUT2D eigenvalue weighted by molar-refractivity contribution is 6.34. The molecule has 1 atom stereocenters. The smallest absolute Gasteiger partial charge is 0.161 e. The summed E-state index contributed by atoms with van der Waals surface area (Å²) in [5.74, 6) is 1.23. The third kappa shape index (κ3) is 4.39. The number of ketones is 1. The minimum atomic E-state index is -0.0269. The maximum atomic E-state index is 11.2. The van der Waals surface area contributed by atoms with Crippen molar-refractivity contribution in [2.75, 3.05) is 6.61 Å². The molecule has 0 heterocycles. The van der Waals surface area contributed by atoms with E-state index >= 15 is 0 Å². The predicted octanol–water partition coefficient (Wildman–Crippen LogP) is 4.36. The average Bonchev–Trinajstić information content (AvgIpc) is 2.26. The van der Waals surface area contributed by atoms with Crippen LogP contribution in [0.1, 0.15) is 44.0 Å². The van der Waals surface area contributed by atoms with Crippen molar-refractivity contribution in [3.05, 3.63) is 28.8 Å². The molecule has 1 aromatic rings. The van der Waals surface area contributed by atoms with E-state index in [0.29, 0.717) is 23.1 Å². The monoisotopic (exact) mass is 254 g/mol. The first kappa shape index (κ1) is 14.0. The minimum absolute atomic E-state index is 0.0269. The van der Waals surface area contributed by atoms with Gasteiger partial charge in [-0.3, -0.25) is 4.79 Å². The summed E-state index contributed by atoms with van der Waals surface area (Å²) in [6, 6.07) is 5.21. The number of halogens is 1. The van der Waals surface area contributed by atoms with Gasteiger partial charge in [0.05, 0.1) is 11.6 Å². The summed E-state index contributed by atoms with van der Waals surface area (Å²) in [6.07, 6.45) is 2.31. The van der Waals surface area contributed by atoms with Gasteiger partial charge in [-0.1, -0.05) is 31.9 Å². The van der Waals surface area contributed by atoms with Gasteiger partial charge in [-0.15, -0.1) is 0 Å². The number of carbonyl (C=O) groups excluding carboxylic acids is 1. The highest BCUT2D eigenvalue weighted by Crippen LogP contribution is 2.23. The van der Waals surface area contributed by atoms with E-state index in [1.165, 1.54) is 6.92 Å². The average molecular weight is 255 g/mol. The predicted molar refractivity (Wildman–Crippen MR) is 71.0 cm³/mol. The van der Waals surface area contributed by atoms with Crippen molar-refractivity contribution < 1.29 is 9.53 Å². The maximum absolute atomic E-state index is 11.2. The number of rotatable bonds is 6. The zero-order chi connectivity index (χ0) is 12.8. The van der Waals surface area contributed by atoms with Gasteiger partial charge < -0.3 is 4.74 Å². The van der Waals surface area contributed by atoms with Crippen LogP contribution >= 0.6 is 11.6 Å². The quantitative estimate of drug-likeness (QED) is 0.705. The Morgan fingerprint density at radius 2 is 2.18 bits per heavy atom. The molecule has 2 nitrogen and oxygen atoms in total. The molecular weight excluding hydrogens is 236 g/mol. The molecule has 0 spiro atoms. The summed E-state index contributed by atoms with van der Waals surface area (Å²) in [5.41, 5.74) is 0.542. The molecule has 1 rings (SSSR count). The van der Waals surface area contributed by atoms with Crippen LogP contribution in [0, 0.1) is 5.92 Å². The lowest BCUT2D eigenvalue weighted by molar-refractivity contribution is 0.101. The van der Waals surface area contributed by atoms with Crippen LogP contribution in [-0.4, -0.2) is 12.4 Å². The number of carbonyl (C=O) groups is 1. The van der Waals surface area contributed by atoms with E-state index < -0.39 is 0 Å². The molecule has 0 aliphatic heterocycles. The molecule has 0 amide bonds. The molecule has 0 fully saturated rings. The normalized spacial score (nSPS) is 12.2. The SMILES string of the molecule is CCCC(C)COc1ccc(C(C)=O)c(Cl)c1. The molecule has 0 aliphatic rings. The zero-order valence-corrected chi connectivity index (χ0v) is 11.4. The van der Waals surface area contributed by atoms with E-state index in [2.05, 4.69) is 13.8 Å². The first-order valence-corrected chi connectivity index (χ1v) is 6.35. The van der Waals surface area contributed by atoms with Crippen LogP contribution in [0.2, 0.25) is 5.02 Å². The molecule has 0 N–H and O–H groups in total. The lowest BCUT2D eigenvalue weighted by Gasteiger charge is -2.12. The molecule has 1 aromatic carbocycles. The van der Waals surface area contributed by atoms with Crippen molar-refractivity contribution in [1.82, 2.24) is 0 Å². The van der Waals surface area contributed by atoms with Crippen molar-refractivity contribution in [3.63, 3.8) is 0 Å². The first-order chi connectivity index (χ1) is 8.04. The molecule has 3 heteroatoms. The molecule has 94 valence electrons.